The molecule has 1 aliphatic heterocycles. The minimum absolute atomic E-state index is 0.321. The fraction of sp³-hybridized carbons (Fsp3) is 0.444. The van der Waals surface area contributed by atoms with Crippen LogP contribution in [-0.2, 0) is 4.79 Å². The van der Waals surface area contributed by atoms with Crippen LogP contribution in [0.4, 0.5) is 19.0 Å². The molecule has 0 aliphatic carbocycles. The maximum atomic E-state index is 12.6. The maximum Gasteiger partial charge on any atom is 0.406 e. The highest BCUT2D eigenvalue weighted by molar-refractivity contribution is 6.08. The number of nitrogens with one attached hydrogen (secondary N) is 1. The van der Waals surface area contributed by atoms with E-state index < -0.39 is 24.5 Å². The maximum absolute atomic E-state index is 12.6. The van der Waals surface area contributed by atoms with Crippen LogP contribution in [0, 0.1) is 5.92 Å². The van der Waals surface area contributed by atoms with Crippen molar-refractivity contribution in [2.45, 2.75) is 19.0 Å². The van der Waals surface area contributed by atoms with Crippen LogP contribution in [0.25, 0.3) is 21.9 Å². The van der Waals surface area contributed by atoms with Crippen molar-refractivity contribution < 1.29 is 18.0 Å². The molecule has 0 saturated carbocycles. The summed E-state index contributed by atoms with van der Waals surface area (Å²) in [5, 5.41) is 1.70. The van der Waals surface area contributed by atoms with Gasteiger partial charge in [0.15, 0.2) is 0 Å². The highest BCUT2D eigenvalue weighted by Crippen LogP contribution is 2.32. The van der Waals surface area contributed by atoms with E-state index in [4.69, 9.17) is 0 Å². The highest BCUT2D eigenvalue weighted by Gasteiger charge is 2.35. The van der Waals surface area contributed by atoms with E-state index in [9.17, 15) is 18.0 Å². The molecule has 4 rings (SSSR count). The van der Waals surface area contributed by atoms with Gasteiger partial charge in [-0.3, -0.25) is 4.79 Å². The number of rotatable bonds is 3. The molecule has 1 fully saturated rings. The number of aromatic amines is 1. The van der Waals surface area contributed by atoms with Crippen LogP contribution in [0.2, 0.25) is 0 Å². The van der Waals surface area contributed by atoms with Gasteiger partial charge in [0.2, 0.25) is 5.91 Å². The van der Waals surface area contributed by atoms with E-state index >= 15 is 0 Å². The van der Waals surface area contributed by atoms with Gasteiger partial charge in [-0.05, 0) is 18.9 Å². The molecule has 1 unspecified atom stereocenters. The Balaban J connectivity index is 1.63. The van der Waals surface area contributed by atoms with Crippen molar-refractivity contribution in [2.75, 3.05) is 31.6 Å². The number of anilines is 1. The van der Waals surface area contributed by atoms with Crippen molar-refractivity contribution in [2.24, 2.45) is 5.92 Å². The first-order valence-electron chi connectivity index (χ1n) is 8.97. The van der Waals surface area contributed by atoms with E-state index in [0.29, 0.717) is 42.9 Å². The number of hydrogen-bond donors (Lipinski definition) is 1. The number of H-pyrrole nitrogens is 1. The average molecular weight is 392 g/mol. The summed E-state index contributed by atoms with van der Waals surface area (Å²) in [7, 11) is 1.20. The van der Waals surface area contributed by atoms with Crippen LogP contribution in [0.1, 0.15) is 12.8 Å². The topological polar surface area (TPSA) is 78.0 Å². The first kappa shape index (κ1) is 18.5. The van der Waals surface area contributed by atoms with Gasteiger partial charge in [-0.2, -0.15) is 13.2 Å². The quantitative estimate of drug-likeness (QED) is 0.742. The Kier molecular flexibility index (Phi) is 4.56. The van der Waals surface area contributed by atoms with Gasteiger partial charge >= 0.3 is 6.18 Å². The molecule has 3 aromatic heterocycles. The summed E-state index contributed by atoms with van der Waals surface area (Å²) in [5.41, 5.74) is 1.39. The Bertz CT molecular complexity index is 1020. The van der Waals surface area contributed by atoms with Crippen molar-refractivity contribution >= 4 is 33.7 Å². The van der Waals surface area contributed by atoms with Crippen LogP contribution in [-0.4, -0.2) is 63.6 Å². The third-order valence-corrected chi connectivity index (χ3v) is 5.03. The zero-order valence-electron chi connectivity index (χ0n) is 15.2. The Labute approximate surface area is 158 Å². The fourth-order valence-electron chi connectivity index (χ4n) is 3.81. The van der Waals surface area contributed by atoms with E-state index in [-0.39, 0.29) is 0 Å². The summed E-state index contributed by atoms with van der Waals surface area (Å²) in [6.07, 6.45) is 1.73. The fourth-order valence-corrected chi connectivity index (χ4v) is 3.81. The first-order valence-corrected chi connectivity index (χ1v) is 8.97. The molecule has 10 heteroatoms. The number of nitrogens with zero attached hydrogens (tertiary/aromatic N) is 5. The number of aromatic nitrogens is 4. The molecule has 0 bridgehead atoms. The van der Waals surface area contributed by atoms with Gasteiger partial charge in [-0.15, -0.1) is 0 Å². The second-order valence-electron chi connectivity index (χ2n) is 7.05. The van der Waals surface area contributed by atoms with Crippen LogP contribution >= 0.6 is 0 Å². The van der Waals surface area contributed by atoms with Gasteiger partial charge in [-0.25, -0.2) is 15.0 Å². The van der Waals surface area contributed by atoms with Crippen molar-refractivity contribution in [3.8, 4) is 0 Å². The standard InChI is InChI=1S/C18H19F3N6O/c1-26(9-18(19,20)21)17(28)11-3-2-6-27(8-11)16-14-12-4-5-22-15(12)23-7-13(14)24-10-25-16/h4-5,7,10-11H,2-3,6,8-9H2,1H3,(H,22,23). The molecule has 1 saturated heterocycles. The van der Waals surface area contributed by atoms with Gasteiger partial charge in [0.1, 0.15) is 24.3 Å². The monoisotopic (exact) mass is 392 g/mol. The minimum atomic E-state index is -4.41. The minimum Gasteiger partial charge on any atom is -0.355 e. The third kappa shape index (κ3) is 3.46. The molecule has 1 N–H and O–H groups in total. The molecule has 3 aromatic rings. The zero-order valence-corrected chi connectivity index (χ0v) is 15.2. The smallest absolute Gasteiger partial charge is 0.355 e. The summed E-state index contributed by atoms with van der Waals surface area (Å²) in [4.78, 5) is 31.3. The largest absolute Gasteiger partial charge is 0.406 e. The lowest BCUT2D eigenvalue weighted by molar-refractivity contribution is -0.161. The predicted octanol–water partition coefficient (Wildman–Crippen LogP) is 2.74. The van der Waals surface area contributed by atoms with Crippen molar-refractivity contribution in [3.05, 3.63) is 24.8 Å². The molecule has 7 nitrogen and oxygen atoms in total. The van der Waals surface area contributed by atoms with Crippen molar-refractivity contribution in [3.63, 3.8) is 0 Å². The first-order chi connectivity index (χ1) is 13.3. The molecule has 28 heavy (non-hydrogen) atoms. The van der Waals surface area contributed by atoms with Gasteiger partial charge in [0, 0.05) is 31.7 Å². The van der Waals surface area contributed by atoms with Gasteiger partial charge in [-0.1, -0.05) is 0 Å². The number of carbonyl (C=O) groups excluding carboxylic acids is 1. The summed E-state index contributed by atoms with van der Waals surface area (Å²) < 4.78 is 37.9. The van der Waals surface area contributed by atoms with Crippen LogP contribution in [0.5, 0.6) is 0 Å². The average Bonchev–Trinajstić information content (AvgIpc) is 3.14. The molecule has 0 spiro atoms. The van der Waals surface area contributed by atoms with E-state index in [1.807, 2.05) is 11.0 Å². The van der Waals surface area contributed by atoms with E-state index in [1.54, 1.807) is 12.4 Å². The summed E-state index contributed by atoms with van der Waals surface area (Å²) >= 11 is 0. The number of piperidine rings is 1. The van der Waals surface area contributed by atoms with Gasteiger partial charge in [0.25, 0.3) is 0 Å². The molecule has 1 amide bonds. The van der Waals surface area contributed by atoms with E-state index in [2.05, 4.69) is 19.9 Å². The summed E-state index contributed by atoms with van der Waals surface area (Å²) in [6, 6.07) is 1.89. The van der Waals surface area contributed by atoms with Crippen molar-refractivity contribution in [1.82, 2.24) is 24.8 Å². The number of pyridine rings is 1. The predicted molar refractivity (Wildman–Crippen MR) is 97.8 cm³/mol. The third-order valence-electron chi connectivity index (χ3n) is 5.03. The second kappa shape index (κ2) is 6.92. The molecule has 0 aromatic carbocycles. The Morgan fingerprint density at radius 1 is 1.36 bits per heavy atom. The molecular weight excluding hydrogens is 373 g/mol. The lowest BCUT2D eigenvalue weighted by Gasteiger charge is -2.35. The molecular formula is C18H19F3N6O. The second-order valence-corrected chi connectivity index (χ2v) is 7.05. The normalized spacial score (nSPS) is 18.0. The van der Waals surface area contributed by atoms with Gasteiger partial charge < -0.3 is 14.8 Å². The number of hydrogen-bond acceptors (Lipinski definition) is 5. The molecule has 1 atom stereocenters. The zero-order chi connectivity index (χ0) is 19.9. The number of carbonyl (C=O) groups is 1. The van der Waals surface area contributed by atoms with E-state index in [1.165, 1.54) is 13.4 Å². The SMILES string of the molecule is CN(CC(F)(F)F)C(=O)C1CCCN(c2ncnc3cnc4[nH]ccc4c23)C1. The molecule has 0 radical (unpaired) electrons. The molecule has 148 valence electrons. The lowest BCUT2D eigenvalue weighted by atomic mass is 9.96. The Morgan fingerprint density at radius 2 is 2.18 bits per heavy atom. The van der Waals surface area contributed by atoms with Gasteiger partial charge in [0.05, 0.1) is 23.0 Å². The molecule has 1 aliphatic rings. The Morgan fingerprint density at radius 3 is 2.96 bits per heavy atom. The summed E-state index contributed by atoms with van der Waals surface area (Å²) in [6.45, 7) is -0.247. The van der Waals surface area contributed by atoms with Crippen LogP contribution in [0.3, 0.4) is 0 Å². The Hall–Kier alpha value is -2.91. The lowest BCUT2D eigenvalue weighted by Crippen LogP contribution is -2.46. The number of halogens is 3. The number of amides is 1. The van der Waals surface area contributed by atoms with E-state index in [0.717, 1.165) is 15.7 Å². The highest BCUT2D eigenvalue weighted by atomic mass is 19.4. The summed E-state index contributed by atoms with van der Waals surface area (Å²) in [5.74, 6) is -0.323. The molecule has 4 heterocycles. The number of alkyl halides is 3. The van der Waals surface area contributed by atoms with Crippen LogP contribution in [0.15, 0.2) is 24.8 Å². The number of fused-ring (bicyclic) bond motifs is 3. The van der Waals surface area contributed by atoms with Crippen molar-refractivity contribution in [1.29, 1.82) is 0 Å². The van der Waals surface area contributed by atoms with Crippen LogP contribution < -0.4 is 4.90 Å².